The smallest absolute Gasteiger partial charge is 0.193 e. The lowest BCUT2D eigenvalue weighted by molar-refractivity contribution is 0.0536. The molecule has 1 aromatic rings. The Balaban J connectivity index is 1.99. The van der Waals surface area contributed by atoms with E-state index in [2.05, 4.69) is 66.2 Å². The largest absolute Gasteiger partial charge is 0.382 e. The van der Waals surface area contributed by atoms with Crippen LogP contribution in [0.5, 0.6) is 0 Å². The van der Waals surface area contributed by atoms with E-state index in [1.165, 1.54) is 5.56 Å². The summed E-state index contributed by atoms with van der Waals surface area (Å²) < 4.78 is 10.8. The Morgan fingerprint density at radius 1 is 1.20 bits per heavy atom. The van der Waals surface area contributed by atoms with Crippen molar-refractivity contribution in [1.29, 1.82) is 0 Å². The Labute approximate surface area is 183 Å². The standard InChI is InChI=1S/C24H42N4O2/c1-5-25-24(28-14-13-22(19-28)20-30-16-15-29-4)26-18-23(27(6-2)7-3)17-21-11-9-8-10-12-21/h8-12,22-23H,5-7,13-20H2,1-4H3,(H,25,26). The summed E-state index contributed by atoms with van der Waals surface area (Å²) in [6.45, 7) is 14.6. The minimum atomic E-state index is 0.409. The molecule has 0 saturated carbocycles. The van der Waals surface area contributed by atoms with Crippen LogP contribution in [0.2, 0.25) is 0 Å². The summed E-state index contributed by atoms with van der Waals surface area (Å²) in [6.07, 6.45) is 2.18. The minimum Gasteiger partial charge on any atom is -0.382 e. The van der Waals surface area contributed by atoms with Gasteiger partial charge >= 0.3 is 0 Å². The van der Waals surface area contributed by atoms with Gasteiger partial charge in [-0.2, -0.15) is 0 Å². The van der Waals surface area contributed by atoms with Gasteiger partial charge in [-0.1, -0.05) is 44.2 Å². The van der Waals surface area contributed by atoms with Crippen LogP contribution < -0.4 is 5.32 Å². The number of nitrogens with one attached hydrogen (secondary N) is 1. The average Bonchev–Trinajstić information content (AvgIpc) is 3.24. The molecule has 1 heterocycles. The van der Waals surface area contributed by atoms with E-state index in [0.29, 0.717) is 25.2 Å². The zero-order chi connectivity index (χ0) is 21.6. The molecule has 2 unspecified atom stereocenters. The Bertz CT molecular complexity index is 592. The van der Waals surface area contributed by atoms with Crippen LogP contribution in [0.1, 0.15) is 32.8 Å². The SMILES string of the molecule is CCNC(=NCC(Cc1ccccc1)N(CC)CC)N1CCC(COCCOC)C1. The van der Waals surface area contributed by atoms with E-state index in [-0.39, 0.29) is 0 Å². The van der Waals surface area contributed by atoms with Gasteiger partial charge in [-0.15, -0.1) is 0 Å². The highest BCUT2D eigenvalue weighted by Crippen LogP contribution is 2.17. The first-order valence-electron chi connectivity index (χ1n) is 11.6. The summed E-state index contributed by atoms with van der Waals surface area (Å²) in [7, 11) is 1.71. The number of likely N-dealkylation sites (tertiary alicyclic amines) is 1. The predicted octanol–water partition coefficient (Wildman–Crippen LogP) is 2.89. The van der Waals surface area contributed by atoms with Gasteiger partial charge in [0, 0.05) is 38.7 Å². The number of hydrogen-bond acceptors (Lipinski definition) is 4. The third-order valence-electron chi connectivity index (χ3n) is 5.80. The fraction of sp³-hybridized carbons (Fsp3) is 0.708. The molecule has 6 nitrogen and oxygen atoms in total. The van der Waals surface area contributed by atoms with Crippen LogP contribution in [0, 0.1) is 5.92 Å². The number of hydrogen-bond donors (Lipinski definition) is 1. The molecule has 1 fully saturated rings. The molecule has 2 rings (SSSR count). The van der Waals surface area contributed by atoms with Gasteiger partial charge in [0.25, 0.3) is 0 Å². The van der Waals surface area contributed by atoms with Crippen molar-refractivity contribution in [1.82, 2.24) is 15.1 Å². The zero-order valence-electron chi connectivity index (χ0n) is 19.5. The monoisotopic (exact) mass is 418 g/mol. The summed E-state index contributed by atoms with van der Waals surface area (Å²) in [5.41, 5.74) is 1.38. The van der Waals surface area contributed by atoms with Crippen molar-refractivity contribution in [2.45, 2.75) is 39.7 Å². The van der Waals surface area contributed by atoms with Gasteiger partial charge < -0.3 is 19.7 Å². The van der Waals surface area contributed by atoms with E-state index in [9.17, 15) is 0 Å². The maximum atomic E-state index is 5.75. The van der Waals surface area contributed by atoms with Gasteiger partial charge in [0.05, 0.1) is 26.4 Å². The number of ether oxygens (including phenoxy) is 2. The van der Waals surface area contributed by atoms with E-state index in [4.69, 9.17) is 14.5 Å². The van der Waals surface area contributed by atoms with E-state index in [1.807, 2.05) is 0 Å². The fourth-order valence-electron chi connectivity index (χ4n) is 4.11. The Morgan fingerprint density at radius 2 is 1.97 bits per heavy atom. The van der Waals surface area contributed by atoms with Crippen molar-refractivity contribution >= 4 is 5.96 Å². The molecule has 0 amide bonds. The van der Waals surface area contributed by atoms with Gasteiger partial charge in [-0.3, -0.25) is 9.89 Å². The van der Waals surface area contributed by atoms with Gasteiger partial charge in [0.2, 0.25) is 0 Å². The van der Waals surface area contributed by atoms with Crippen molar-refractivity contribution in [2.24, 2.45) is 10.9 Å². The van der Waals surface area contributed by atoms with Crippen molar-refractivity contribution in [3.63, 3.8) is 0 Å². The Kier molecular flexibility index (Phi) is 11.8. The first-order valence-corrected chi connectivity index (χ1v) is 11.6. The highest BCUT2D eigenvalue weighted by molar-refractivity contribution is 5.80. The number of benzene rings is 1. The van der Waals surface area contributed by atoms with Crippen molar-refractivity contribution < 1.29 is 9.47 Å². The van der Waals surface area contributed by atoms with Crippen molar-refractivity contribution in [2.75, 3.05) is 66.2 Å². The van der Waals surface area contributed by atoms with Crippen LogP contribution in [-0.2, 0) is 15.9 Å². The van der Waals surface area contributed by atoms with Crippen molar-refractivity contribution in [3.05, 3.63) is 35.9 Å². The molecule has 2 atom stereocenters. The maximum absolute atomic E-state index is 5.75. The molecule has 1 aromatic carbocycles. The van der Waals surface area contributed by atoms with Crippen LogP contribution in [0.4, 0.5) is 0 Å². The lowest BCUT2D eigenvalue weighted by Crippen LogP contribution is -2.43. The van der Waals surface area contributed by atoms with Gasteiger partial charge in [-0.05, 0) is 38.4 Å². The van der Waals surface area contributed by atoms with Crippen LogP contribution in [0.25, 0.3) is 0 Å². The topological polar surface area (TPSA) is 49.3 Å². The molecule has 6 heteroatoms. The third kappa shape index (κ3) is 8.25. The molecule has 1 aliphatic heterocycles. The second-order valence-electron chi connectivity index (χ2n) is 7.93. The Hall–Kier alpha value is -1.63. The second kappa shape index (κ2) is 14.4. The van der Waals surface area contributed by atoms with Crippen LogP contribution in [-0.4, -0.2) is 88.0 Å². The van der Waals surface area contributed by atoms with E-state index < -0.39 is 0 Å². The second-order valence-corrected chi connectivity index (χ2v) is 7.93. The van der Waals surface area contributed by atoms with Crippen LogP contribution >= 0.6 is 0 Å². The number of likely N-dealkylation sites (N-methyl/N-ethyl adjacent to an activating group) is 1. The molecule has 1 N–H and O–H groups in total. The average molecular weight is 419 g/mol. The summed E-state index contributed by atoms with van der Waals surface area (Å²) >= 11 is 0. The summed E-state index contributed by atoms with van der Waals surface area (Å²) in [5.74, 6) is 1.61. The quantitative estimate of drug-likeness (QED) is 0.303. The third-order valence-corrected chi connectivity index (χ3v) is 5.80. The lowest BCUT2D eigenvalue weighted by Gasteiger charge is -2.30. The Morgan fingerprint density at radius 3 is 2.63 bits per heavy atom. The summed E-state index contributed by atoms with van der Waals surface area (Å²) in [5, 5.41) is 3.51. The summed E-state index contributed by atoms with van der Waals surface area (Å²) in [4.78, 5) is 10.0. The first-order chi connectivity index (χ1) is 14.7. The van der Waals surface area contributed by atoms with Crippen LogP contribution in [0.3, 0.4) is 0 Å². The molecular formula is C24H42N4O2. The maximum Gasteiger partial charge on any atom is 0.193 e. The molecule has 0 aromatic heterocycles. The summed E-state index contributed by atoms with van der Waals surface area (Å²) in [6, 6.07) is 11.2. The molecule has 0 bridgehead atoms. The molecular weight excluding hydrogens is 376 g/mol. The molecule has 30 heavy (non-hydrogen) atoms. The number of guanidine groups is 1. The molecule has 0 spiro atoms. The molecule has 1 aliphatic rings. The molecule has 0 aliphatic carbocycles. The van der Waals surface area contributed by atoms with Gasteiger partial charge in [-0.25, -0.2) is 0 Å². The van der Waals surface area contributed by atoms with E-state index in [1.54, 1.807) is 7.11 Å². The van der Waals surface area contributed by atoms with Gasteiger partial charge in [0.15, 0.2) is 5.96 Å². The molecule has 170 valence electrons. The molecule has 1 saturated heterocycles. The van der Waals surface area contributed by atoms with Crippen molar-refractivity contribution in [3.8, 4) is 0 Å². The highest BCUT2D eigenvalue weighted by atomic mass is 16.5. The normalized spacial score (nSPS) is 18.2. The van der Waals surface area contributed by atoms with E-state index >= 15 is 0 Å². The fourth-order valence-corrected chi connectivity index (χ4v) is 4.11. The number of rotatable bonds is 13. The number of aliphatic imine (C=N–C) groups is 1. The molecule has 0 radical (unpaired) electrons. The lowest BCUT2D eigenvalue weighted by atomic mass is 10.0. The predicted molar refractivity (Wildman–Crippen MR) is 125 cm³/mol. The number of methoxy groups -OCH3 is 1. The first kappa shape index (κ1) is 24.6. The van der Waals surface area contributed by atoms with Gasteiger partial charge in [0.1, 0.15) is 0 Å². The van der Waals surface area contributed by atoms with Crippen LogP contribution in [0.15, 0.2) is 35.3 Å². The highest BCUT2D eigenvalue weighted by Gasteiger charge is 2.25. The zero-order valence-corrected chi connectivity index (χ0v) is 19.5. The van der Waals surface area contributed by atoms with E-state index in [0.717, 1.165) is 64.7 Å². The number of nitrogens with zero attached hydrogens (tertiary/aromatic N) is 3. The minimum absolute atomic E-state index is 0.409.